The third-order valence-electron chi connectivity index (χ3n) is 4.56. The van der Waals surface area contributed by atoms with E-state index in [-0.39, 0.29) is 11.9 Å². The van der Waals surface area contributed by atoms with Gasteiger partial charge in [0, 0.05) is 24.3 Å². The Kier molecular flexibility index (Phi) is 4.32. The zero-order chi connectivity index (χ0) is 15.5. The first kappa shape index (κ1) is 14.9. The fraction of sp³-hybridized carbons (Fsp3) is 0.529. The predicted molar refractivity (Wildman–Crippen MR) is 83.9 cm³/mol. The molecule has 0 aliphatic carbocycles. The van der Waals surface area contributed by atoms with E-state index in [1.54, 1.807) is 4.90 Å². The maximum absolute atomic E-state index is 13.0. The van der Waals surface area contributed by atoms with Crippen LogP contribution < -0.4 is 5.32 Å². The first-order chi connectivity index (χ1) is 10.7. The molecule has 2 heterocycles. The van der Waals surface area contributed by atoms with Crippen LogP contribution in [0.25, 0.3) is 0 Å². The van der Waals surface area contributed by atoms with Crippen LogP contribution in [0.5, 0.6) is 0 Å². The molecule has 1 N–H and O–H groups in total. The minimum atomic E-state index is -0.446. The highest BCUT2D eigenvalue weighted by molar-refractivity contribution is 5.99. The van der Waals surface area contributed by atoms with Gasteiger partial charge in [-0.05, 0) is 49.8 Å². The van der Waals surface area contributed by atoms with E-state index in [0.717, 1.165) is 49.0 Å². The zero-order valence-electron chi connectivity index (χ0n) is 12.9. The van der Waals surface area contributed by atoms with Crippen LogP contribution in [-0.2, 0) is 16.0 Å². The summed E-state index contributed by atoms with van der Waals surface area (Å²) in [5.74, 6) is -0.355. The summed E-state index contributed by atoms with van der Waals surface area (Å²) in [4.78, 5) is 26.7. The summed E-state index contributed by atoms with van der Waals surface area (Å²) in [6, 6.07) is 5.34. The van der Waals surface area contributed by atoms with Gasteiger partial charge in [-0.3, -0.25) is 4.79 Å². The van der Waals surface area contributed by atoms with E-state index in [1.807, 2.05) is 18.2 Å². The van der Waals surface area contributed by atoms with Crippen LogP contribution in [0.1, 0.15) is 41.6 Å². The maximum Gasteiger partial charge on any atom is 0.328 e. The molecule has 1 atom stereocenters. The highest BCUT2D eigenvalue weighted by atomic mass is 16.5. The number of amides is 1. The Bertz CT molecular complexity index is 585. The van der Waals surface area contributed by atoms with Gasteiger partial charge in [0.05, 0.1) is 7.11 Å². The van der Waals surface area contributed by atoms with E-state index in [4.69, 9.17) is 4.74 Å². The monoisotopic (exact) mass is 302 g/mol. The Labute approximate surface area is 130 Å². The smallest absolute Gasteiger partial charge is 0.328 e. The van der Waals surface area contributed by atoms with Crippen molar-refractivity contribution in [3.63, 3.8) is 0 Å². The molecular formula is C17H22N2O3. The fourth-order valence-corrected chi connectivity index (χ4v) is 3.42. The Balaban J connectivity index is 1.91. The van der Waals surface area contributed by atoms with Crippen molar-refractivity contribution in [2.45, 2.75) is 38.1 Å². The summed E-state index contributed by atoms with van der Waals surface area (Å²) in [6.07, 6.45) is 4.51. The lowest BCUT2D eigenvalue weighted by molar-refractivity contribution is -0.147. The third-order valence-corrected chi connectivity index (χ3v) is 4.56. The molecule has 1 amide bonds. The van der Waals surface area contributed by atoms with Gasteiger partial charge in [-0.1, -0.05) is 6.07 Å². The summed E-state index contributed by atoms with van der Waals surface area (Å²) in [7, 11) is 1.38. The topological polar surface area (TPSA) is 58.6 Å². The second kappa shape index (κ2) is 6.38. The van der Waals surface area contributed by atoms with Gasteiger partial charge < -0.3 is 15.0 Å². The summed E-state index contributed by atoms with van der Waals surface area (Å²) in [5.41, 5.74) is 2.84. The molecule has 118 valence electrons. The molecule has 0 radical (unpaired) electrons. The molecule has 2 aliphatic heterocycles. The number of hydrogen-bond donors (Lipinski definition) is 1. The van der Waals surface area contributed by atoms with Crippen molar-refractivity contribution in [1.82, 2.24) is 4.90 Å². The molecule has 5 heteroatoms. The number of methoxy groups -OCH3 is 1. The average Bonchev–Trinajstić information content (AvgIpc) is 2.60. The van der Waals surface area contributed by atoms with Crippen molar-refractivity contribution >= 4 is 17.6 Å². The average molecular weight is 302 g/mol. The van der Waals surface area contributed by atoms with Gasteiger partial charge in [0.2, 0.25) is 0 Å². The Morgan fingerprint density at radius 3 is 2.95 bits per heavy atom. The molecule has 5 nitrogen and oxygen atoms in total. The van der Waals surface area contributed by atoms with Crippen LogP contribution >= 0.6 is 0 Å². The lowest BCUT2D eigenvalue weighted by atomic mass is 9.95. The second-order valence-corrected chi connectivity index (χ2v) is 5.90. The number of fused-ring (bicyclic) bond motifs is 1. The molecule has 1 unspecified atom stereocenters. The highest BCUT2D eigenvalue weighted by Crippen LogP contribution is 2.28. The van der Waals surface area contributed by atoms with Gasteiger partial charge in [-0.2, -0.15) is 0 Å². The molecule has 22 heavy (non-hydrogen) atoms. The lowest BCUT2D eigenvalue weighted by Gasteiger charge is -2.34. The van der Waals surface area contributed by atoms with Crippen LogP contribution in [0.2, 0.25) is 0 Å². The lowest BCUT2D eigenvalue weighted by Crippen LogP contribution is -2.48. The molecule has 0 saturated carbocycles. The number of benzene rings is 1. The van der Waals surface area contributed by atoms with Gasteiger partial charge in [0.1, 0.15) is 6.04 Å². The van der Waals surface area contributed by atoms with E-state index >= 15 is 0 Å². The molecule has 3 rings (SSSR count). The van der Waals surface area contributed by atoms with Crippen molar-refractivity contribution in [1.29, 1.82) is 0 Å². The Hall–Kier alpha value is -2.04. The molecular weight excluding hydrogens is 280 g/mol. The number of esters is 1. The molecule has 1 saturated heterocycles. The molecule has 1 aromatic rings. The normalized spacial score (nSPS) is 20.8. The number of nitrogens with zero attached hydrogens (tertiary/aromatic N) is 1. The third kappa shape index (κ3) is 2.67. The number of likely N-dealkylation sites (tertiary alicyclic amines) is 1. The number of anilines is 1. The largest absolute Gasteiger partial charge is 0.467 e. The number of rotatable bonds is 2. The minimum Gasteiger partial charge on any atom is -0.467 e. The fourth-order valence-electron chi connectivity index (χ4n) is 3.42. The highest BCUT2D eigenvalue weighted by Gasteiger charge is 2.34. The molecule has 2 aliphatic rings. The van der Waals surface area contributed by atoms with Crippen molar-refractivity contribution in [3.05, 3.63) is 29.3 Å². The SMILES string of the molecule is COC(=O)C1CCCCN1C(=O)c1cccc2c1CCCN2. The zero-order valence-corrected chi connectivity index (χ0v) is 12.9. The van der Waals surface area contributed by atoms with E-state index in [0.29, 0.717) is 13.0 Å². The molecule has 0 aromatic heterocycles. The number of ether oxygens (including phenoxy) is 1. The van der Waals surface area contributed by atoms with Gasteiger partial charge in [-0.15, -0.1) is 0 Å². The summed E-state index contributed by atoms with van der Waals surface area (Å²) < 4.78 is 4.87. The van der Waals surface area contributed by atoms with E-state index in [9.17, 15) is 9.59 Å². The first-order valence-corrected chi connectivity index (χ1v) is 7.97. The van der Waals surface area contributed by atoms with Crippen LogP contribution in [0.4, 0.5) is 5.69 Å². The quantitative estimate of drug-likeness (QED) is 0.851. The number of piperidine rings is 1. The number of hydrogen-bond acceptors (Lipinski definition) is 4. The van der Waals surface area contributed by atoms with Gasteiger partial charge in [0.25, 0.3) is 5.91 Å². The van der Waals surface area contributed by atoms with Crippen molar-refractivity contribution in [2.75, 3.05) is 25.5 Å². The summed E-state index contributed by atoms with van der Waals surface area (Å²) >= 11 is 0. The Morgan fingerprint density at radius 2 is 2.14 bits per heavy atom. The standard InChI is InChI=1S/C17H22N2O3/c1-22-17(21)15-9-2-3-11-19(15)16(20)13-6-4-8-14-12(13)7-5-10-18-14/h4,6,8,15,18H,2-3,5,7,9-11H2,1H3. The number of carbonyl (C=O) groups is 2. The number of carbonyl (C=O) groups excluding carboxylic acids is 2. The van der Waals surface area contributed by atoms with Gasteiger partial charge >= 0.3 is 5.97 Å². The van der Waals surface area contributed by atoms with E-state index < -0.39 is 6.04 Å². The first-order valence-electron chi connectivity index (χ1n) is 7.97. The van der Waals surface area contributed by atoms with Crippen LogP contribution in [0.3, 0.4) is 0 Å². The Morgan fingerprint density at radius 1 is 1.27 bits per heavy atom. The van der Waals surface area contributed by atoms with Crippen LogP contribution in [-0.4, -0.2) is 43.0 Å². The van der Waals surface area contributed by atoms with Crippen molar-refractivity contribution in [2.24, 2.45) is 0 Å². The molecule has 1 fully saturated rings. The molecule has 0 spiro atoms. The van der Waals surface area contributed by atoms with Crippen LogP contribution in [0.15, 0.2) is 18.2 Å². The summed E-state index contributed by atoms with van der Waals surface area (Å²) in [6.45, 7) is 1.56. The second-order valence-electron chi connectivity index (χ2n) is 5.90. The van der Waals surface area contributed by atoms with E-state index in [2.05, 4.69) is 5.32 Å². The van der Waals surface area contributed by atoms with E-state index in [1.165, 1.54) is 7.11 Å². The predicted octanol–water partition coefficient (Wildman–Crippen LogP) is 2.21. The molecule has 0 bridgehead atoms. The summed E-state index contributed by atoms with van der Waals surface area (Å²) in [5, 5.41) is 3.34. The van der Waals surface area contributed by atoms with Gasteiger partial charge in [-0.25, -0.2) is 4.79 Å². The van der Waals surface area contributed by atoms with Crippen LogP contribution in [0, 0.1) is 0 Å². The van der Waals surface area contributed by atoms with Crippen molar-refractivity contribution in [3.8, 4) is 0 Å². The minimum absolute atomic E-state index is 0.0457. The maximum atomic E-state index is 13.0. The van der Waals surface area contributed by atoms with Gasteiger partial charge in [0.15, 0.2) is 0 Å². The number of nitrogens with one attached hydrogen (secondary N) is 1. The van der Waals surface area contributed by atoms with Crippen molar-refractivity contribution < 1.29 is 14.3 Å². The molecule has 1 aromatic carbocycles.